The molecule has 90 valence electrons. The number of para-hydroxylation sites is 2. The Labute approximate surface area is 109 Å². The van der Waals surface area contributed by atoms with Crippen molar-refractivity contribution in [1.82, 2.24) is 0 Å². The molecule has 0 fully saturated rings. The Balaban J connectivity index is 2.13. The number of ketones is 1. The van der Waals surface area contributed by atoms with E-state index in [1.807, 2.05) is 48.6 Å². The number of nitrogens with zero attached hydrogens (tertiary/aromatic N) is 1. The third-order valence-electron chi connectivity index (χ3n) is 3.55. The van der Waals surface area contributed by atoms with Gasteiger partial charge in [0.1, 0.15) is 0 Å². The summed E-state index contributed by atoms with van der Waals surface area (Å²) >= 11 is 0. The molecule has 0 aromatic heterocycles. The second-order valence-electron chi connectivity index (χ2n) is 4.61. The van der Waals surface area contributed by atoms with E-state index < -0.39 is 11.7 Å². The van der Waals surface area contributed by atoms with E-state index in [0.717, 1.165) is 16.8 Å². The highest BCUT2D eigenvalue weighted by atomic mass is 16.2. The fraction of sp³-hybridized carbons (Fsp3) is 0. The van der Waals surface area contributed by atoms with E-state index in [4.69, 9.17) is 0 Å². The number of carbonyl (C=O) groups excluding carboxylic acids is 2. The van der Waals surface area contributed by atoms with Crippen LogP contribution in [0.15, 0.2) is 42.5 Å². The van der Waals surface area contributed by atoms with Crippen molar-refractivity contribution in [3.8, 4) is 0 Å². The molecule has 0 bridgehead atoms. The standard InChI is InChI=1S/C16H9NO2/c18-15-12-6-3-5-11-9-8-10-4-1-2-7-13(10)17(14(11)12)16(15)19/h1-9H. The highest BCUT2D eigenvalue weighted by molar-refractivity contribution is 6.54. The van der Waals surface area contributed by atoms with E-state index in [0.29, 0.717) is 11.3 Å². The van der Waals surface area contributed by atoms with Crippen molar-refractivity contribution in [2.75, 3.05) is 4.90 Å². The maximum absolute atomic E-state index is 12.2. The van der Waals surface area contributed by atoms with E-state index in [9.17, 15) is 9.59 Å². The monoisotopic (exact) mass is 247 g/mol. The van der Waals surface area contributed by atoms with Gasteiger partial charge in [-0.05, 0) is 23.3 Å². The van der Waals surface area contributed by atoms with Gasteiger partial charge in [0.2, 0.25) is 0 Å². The van der Waals surface area contributed by atoms with Crippen LogP contribution in [0, 0.1) is 0 Å². The van der Waals surface area contributed by atoms with Crippen LogP contribution in [0.4, 0.5) is 11.4 Å². The Hall–Kier alpha value is -2.68. The van der Waals surface area contributed by atoms with E-state index in [-0.39, 0.29) is 0 Å². The van der Waals surface area contributed by atoms with Crippen molar-refractivity contribution in [1.29, 1.82) is 0 Å². The average molecular weight is 247 g/mol. The number of hydrogen-bond donors (Lipinski definition) is 0. The summed E-state index contributed by atoms with van der Waals surface area (Å²) in [5.41, 5.74) is 3.80. The molecular formula is C16H9NO2. The second-order valence-corrected chi connectivity index (χ2v) is 4.61. The number of Topliss-reactive ketones (excluding diaryl/α,β-unsaturated/α-hetero) is 1. The van der Waals surface area contributed by atoms with Gasteiger partial charge in [-0.1, -0.05) is 42.5 Å². The van der Waals surface area contributed by atoms with E-state index >= 15 is 0 Å². The molecule has 0 spiro atoms. The predicted octanol–water partition coefficient (Wildman–Crippen LogP) is 3.03. The van der Waals surface area contributed by atoms with Crippen LogP contribution in [-0.4, -0.2) is 11.7 Å². The van der Waals surface area contributed by atoms with Crippen LogP contribution in [0.1, 0.15) is 21.5 Å². The number of hydrogen-bond acceptors (Lipinski definition) is 2. The molecular weight excluding hydrogens is 238 g/mol. The van der Waals surface area contributed by atoms with Crippen molar-refractivity contribution in [2.45, 2.75) is 0 Å². The third-order valence-corrected chi connectivity index (χ3v) is 3.55. The van der Waals surface area contributed by atoms with Crippen LogP contribution >= 0.6 is 0 Å². The number of anilines is 2. The zero-order valence-electron chi connectivity index (χ0n) is 9.96. The summed E-state index contributed by atoms with van der Waals surface area (Å²) in [7, 11) is 0. The summed E-state index contributed by atoms with van der Waals surface area (Å²) < 4.78 is 0. The predicted molar refractivity (Wildman–Crippen MR) is 73.3 cm³/mol. The third kappa shape index (κ3) is 1.21. The molecule has 2 aliphatic heterocycles. The summed E-state index contributed by atoms with van der Waals surface area (Å²) in [6.07, 6.45) is 3.92. The Morgan fingerprint density at radius 2 is 1.53 bits per heavy atom. The normalized spacial score (nSPS) is 15.3. The van der Waals surface area contributed by atoms with Crippen LogP contribution < -0.4 is 4.90 Å². The fourth-order valence-electron chi connectivity index (χ4n) is 2.69. The van der Waals surface area contributed by atoms with Crippen LogP contribution in [0.3, 0.4) is 0 Å². The number of rotatable bonds is 0. The molecule has 0 aliphatic carbocycles. The van der Waals surface area contributed by atoms with Crippen molar-refractivity contribution in [2.24, 2.45) is 0 Å². The second kappa shape index (κ2) is 3.42. The smallest absolute Gasteiger partial charge is 0.283 e. The summed E-state index contributed by atoms with van der Waals surface area (Å²) in [4.78, 5) is 25.8. The fourth-order valence-corrected chi connectivity index (χ4v) is 2.69. The number of fused-ring (bicyclic) bond motifs is 2. The minimum absolute atomic E-state index is 0.429. The minimum Gasteiger partial charge on any atom is -0.283 e. The van der Waals surface area contributed by atoms with E-state index in [2.05, 4.69) is 0 Å². The molecule has 2 aliphatic rings. The highest BCUT2D eigenvalue weighted by Crippen LogP contribution is 2.42. The molecule has 0 N–H and O–H groups in total. The quantitative estimate of drug-likeness (QED) is 0.671. The van der Waals surface area contributed by atoms with Crippen molar-refractivity contribution in [3.05, 3.63) is 59.2 Å². The zero-order valence-corrected chi connectivity index (χ0v) is 9.96. The summed E-state index contributed by atoms with van der Waals surface area (Å²) in [6, 6.07) is 13.0. The van der Waals surface area contributed by atoms with Crippen molar-refractivity contribution >= 4 is 35.2 Å². The molecule has 3 heteroatoms. The number of benzene rings is 2. The van der Waals surface area contributed by atoms with Gasteiger partial charge in [-0.25, -0.2) is 0 Å². The van der Waals surface area contributed by atoms with Crippen molar-refractivity contribution in [3.63, 3.8) is 0 Å². The average Bonchev–Trinajstić information content (AvgIpc) is 2.62. The molecule has 2 heterocycles. The topological polar surface area (TPSA) is 37.4 Å². The highest BCUT2D eigenvalue weighted by Gasteiger charge is 2.39. The van der Waals surface area contributed by atoms with Crippen LogP contribution in [0.5, 0.6) is 0 Å². The van der Waals surface area contributed by atoms with Crippen LogP contribution in [0.25, 0.3) is 12.2 Å². The molecule has 0 saturated carbocycles. The molecule has 0 saturated heterocycles. The number of carbonyl (C=O) groups is 2. The van der Waals surface area contributed by atoms with Gasteiger partial charge >= 0.3 is 5.91 Å². The summed E-state index contributed by atoms with van der Waals surface area (Å²) in [6.45, 7) is 0. The lowest BCUT2D eigenvalue weighted by molar-refractivity contribution is -0.113. The molecule has 0 unspecified atom stereocenters. The zero-order chi connectivity index (χ0) is 13.0. The first-order valence-corrected chi connectivity index (χ1v) is 6.06. The summed E-state index contributed by atoms with van der Waals surface area (Å²) in [5.74, 6) is -0.902. The lowest BCUT2D eigenvalue weighted by Crippen LogP contribution is -2.25. The first kappa shape index (κ1) is 10.3. The molecule has 4 rings (SSSR count). The lowest BCUT2D eigenvalue weighted by atomic mass is 10.1. The van der Waals surface area contributed by atoms with Crippen molar-refractivity contribution < 1.29 is 9.59 Å². The minimum atomic E-state index is -0.474. The molecule has 1 amide bonds. The maximum Gasteiger partial charge on any atom is 0.304 e. The Kier molecular flexibility index (Phi) is 1.85. The van der Waals surface area contributed by atoms with Gasteiger partial charge in [-0.2, -0.15) is 0 Å². The van der Waals surface area contributed by atoms with Gasteiger partial charge in [-0.15, -0.1) is 0 Å². The first-order valence-electron chi connectivity index (χ1n) is 6.06. The Bertz CT molecular complexity index is 774. The maximum atomic E-state index is 12.2. The SMILES string of the molecule is O=C1C(=O)N2c3ccccc3C=Cc3cccc1c32. The van der Waals surface area contributed by atoms with E-state index in [1.165, 1.54) is 4.90 Å². The van der Waals surface area contributed by atoms with E-state index in [1.54, 1.807) is 6.07 Å². The molecule has 2 aromatic rings. The van der Waals surface area contributed by atoms with Gasteiger partial charge in [-0.3, -0.25) is 14.5 Å². The Morgan fingerprint density at radius 1 is 0.789 bits per heavy atom. The first-order chi connectivity index (χ1) is 9.27. The number of amides is 1. The van der Waals surface area contributed by atoms with Crippen LogP contribution in [0.2, 0.25) is 0 Å². The van der Waals surface area contributed by atoms with Gasteiger partial charge in [0, 0.05) is 0 Å². The molecule has 3 nitrogen and oxygen atoms in total. The largest absolute Gasteiger partial charge is 0.304 e. The lowest BCUT2D eigenvalue weighted by Gasteiger charge is -2.18. The van der Waals surface area contributed by atoms with Gasteiger partial charge < -0.3 is 0 Å². The molecule has 19 heavy (non-hydrogen) atoms. The van der Waals surface area contributed by atoms with Gasteiger partial charge in [0.25, 0.3) is 5.78 Å². The molecule has 0 atom stereocenters. The molecule has 0 radical (unpaired) electrons. The van der Waals surface area contributed by atoms with Crippen LogP contribution in [-0.2, 0) is 4.79 Å². The van der Waals surface area contributed by atoms with Gasteiger partial charge in [0.05, 0.1) is 16.9 Å². The molecule has 2 aromatic carbocycles. The Morgan fingerprint density at radius 3 is 2.42 bits per heavy atom. The van der Waals surface area contributed by atoms with Gasteiger partial charge in [0.15, 0.2) is 0 Å². The summed E-state index contributed by atoms with van der Waals surface area (Å²) in [5, 5.41) is 0.